The number of thioether (sulfide) groups is 1. The summed E-state index contributed by atoms with van der Waals surface area (Å²) in [6.07, 6.45) is 4.24. The van der Waals surface area contributed by atoms with Crippen molar-refractivity contribution in [2.45, 2.75) is 42.1 Å². The van der Waals surface area contributed by atoms with Gasteiger partial charge in [0.25, 0.3) is 5.56 Å². The van der Waals surface area contributed by atoms with E-state index in [2.05, 4.69) is 61.5 Å². The number of benzene rings is 2. The van der Waals surface area contributed by atoms with Gasteiger partial charge in [-0.15, -0.1) is 24.4 Å². The second-order valence-corrected chi connectivity index (χ2v) is 18.0. The van der Waals surface area contributed by atoms with Gasteiger partial charge in [-0.05, 0) is 35.2 Å². The first-order valence-corrected chi connectivity index (χ1v) is 17.3. The number of allylic oxidation sites excluding steroid dienone is 1. The summed E-state index contributed by atoms with van der Waals surface area (Å²) >= 11 is 12.3. The van der Waals surface area contributed by atoms with Gasteiger partial charge in [0.05, 0.1) is 35.1 Å². The Morgan fingerprint density at radius 1 is 1.14 bits per heavy atom. The fourth-order valence-corrected chi connectivity index (χ4v) is 7.88. The predicted molar refractivity (Wildman–Crippen MR) is 161 cm³/mol. The zero-order chi connectivity index (χ0) is 26.7. The average Bonchev–Trinajstić information content (AvgIpc) is 3.45. The van der Waals surface area contributed by atoms with Gasteiger partial charge in [0.1, 0.15) is 5.60 Å². The Balaban J connectivity index is 1.78. The van der Waals surface area contributed by atoms with Gasteiger partial charge in [-0.25, -0.2) is 4.98 Å². The number of hydrogen-bond donors (Lipinski definition) is 2. The fourth-order valence-electron chi connectivity index (χ4n) is 5.03. The first-order valence-electron chi connectivity index (χ1n) is 12.1. The first kappa shape index (κ1) is 26.4. The largest absolute Gasteiger partial charge is 0.378 e. The van der Waals surface area contributed by atoms with Gasteiger partial charge in [-0.2, -0.15) is 0 Å². The number of aryl methyl sites for hydroxylation is 1. The third kappa shape index (κ3) is 4.53. The molecule has 5 rings (SSSR count). The molecule has 2 atom stereocenters. The Morgan fingerprint density at radius 2 is 1.89 bits per heavy atom. The molecule has 2 aromatic carbocycles. The van der Waals surface area contributed by atoms with Crippen LogP contribution >= 0.6 is 36.0 Å². The standard InChI is InChI=1S/C28H30ClN3O2S2Si/c1-31-22-10-9-18(28(34,24-11-12-25(29)36-24)23-16-30-27(35)32(23)2)14-21(22)20(15-26(31)33)17-7-6-8-19(13-17)37(3,4)5/h6-10,12-16,24,34H,11H2,1-5H3,(H,30,35). The third-order valence-corrected chi connectivity index (χ3v) is 11.4. The third-order valence-electron chi connectivity index (χ3n) is 7.29. The Morgan fingerprint density at radius 3 is 2.51 bits per heavy atom. The van der Waals surface area contributed by atoms with E-state index < -0.39 is 13.7 Å². The van der Waals surface area contributed by atoms with E-state index in [9.17, 15) is 9.90 Å². The van der Waals surface area contributed by atoms with E-state index >= 15 is 0 Å². The number of pyridine rings is 1. The Bertz CT molecular complexity index is 1620. The van der Waals surface area contributed by atoms with Crippen LogP contribution < -0.4 is 10.7 Å². The van der Waals surface area contributed by atoms with Crippen LogP contribution in [0.5, 0.6) is 0 Å². The van der Waals surface area contributed by atoms with E-state index in [4.69, 9.17) is 11.6 Å². The van der Waals surface area contributed by atoms with Crippen molar-refractivity contribution in [1.29, 1.82) is 0 Å². The molecule has 1 aliphatic heterocycles. The van der Waals surface area contributed by atoms with Crippen molar-refractivity contribution in [2.75, 3.05) is 0 Å². The van der Waals surface area contributed by atoms with E-state index in [0.29, 0.717) is 21.6 Å². The van der Waals surface area contributed by atoms with E-state index in [-0.39, 0.29) is 10.8 Å². The van der Waals surface area contributed by atoms with Crippen molar-refractivity contribution in [1.82, 2.24) is 14.1 Å². The molecule has 9 heteroatoms. The van der Waals surface area contributed by atoms with Crippen molar-refractivity contribution >= 4 is 60.2 Å². The van der Waals surface area contributed by atoms with Crippen molar-refractivity contribution < 1.29 is 5.11 Å². The van der Waals surface area contributed by atoms with Gasteiger partial charge in [-0.1, -0.05) is 72.8 Å². The summed E-state index contributed by atoms with van der Waals surface area (Å²) in [6, 6.07) is 16.1. The molecule has 37 heavy (non-hydrogen) atoms. The number of fused-ring (bicyclic) bond motifs is 1. The van der Waals surface area contributed by atoms with Gasteiger partial charge < -0.3 is 14.2 Å². The number of nitrogens with zero attached hydrogens (tertiary/aromatic N) is 3. The second-order valence-electron chi connectivity index (χ2n) is 10.6. The molecular weight excluding hydrogens is 538 g/mol. The predicted octanol–water partition coefficient (Wildman–Crippen LogP) is 5.59. The lowest BCUT2D eigenvalue weighted by atomic mass is 9.84. The number of aliphatic hydroxyl groups is 1. The highest BCUT2D eigenvalue weighted by atomic mass is 35.5. The molecule has 3 heterocycles. The lowest BCUT2D eigenvalue weighted by Crippen LogP contribution is -2.39. The maximum atomic E-state index is 13.0. The molecule has 0 fully saturated rings. The van der Waals surface area contributed by atoms with Crippen LogP contribution in [0.25, 0.3) is 22.0 Å². The molecule has 2 aromatic heterocycles. The van der Waals surface area contributed by atoms with Crippen LogP contribution in [0.3, 0.4) is 0 Å². The van der Waals surface area contributed by atoms with Gasteiger partial charge >= 0.3 is 0 Å². The number of thiol groups is 1. The highest BCUT2D eigenvalue weighted by Crippen LogP contribution is 2.48. The Labute approximate surface area is 232 Å². The van der Waals surface area contributed by atoms with Crippen LogP contribution in [0.4, 0.5) is 0 Å². The molecule has 0 saturated heterocycles. The monoisotopic (exact) mass is 567 g/mol. The van der Waals surface area contributed by atoms with Gasteiger partial charge in [0.15, 0.2) is 5.16 Å². The normalized spacial score (nSPS) is 17.7. The zero-order valence-corrected chi connectivity index (χ0v) is 25.0. The number of aromatic nitrogens is 3. The Hall–Kier alpha value is -2.23. The number of halogens is 1. The number of hydrogen-bond acceptors (Lipinski definition) is 5. The van der Waals surface area contributed by atoms with Crippen molar-refractivity contribution in [3.8, 4) is 11.1 Å². The molecule has 5 nitrogen and oxygen atoms in total. The van der Waals surface area contributed by atoms with Crippen molar-refractivity contribution in [3.05, 3.63) is 86.8 Å². The first-order chi connectivity index (χ1) is 17.4. The zero-order valence-electron chi connectivity index (χ0n) is 21.5. The van der Waals surface area contributed by atoms with E-state index in [1.165, 1.54) is 16.9 Å². The van der Waals surface area contributed by atoms with E-state index in [1.807, 2.05) is 31.3 Å². The van der Waals surface area contributed by atoms with Crippen LogP contribution in [0.1, 0.15) is 17.7 Å². The molecule has 2 unspecified atom stereocenters. The molecule has 0 saturated carbocycles. The number of rotatable bonds is 5. The lowest BCUT2D eigenvalue weighted by molar-refractivity contribution is 0.0711. The van der Waals surface area contributed by atoms with Gasteiger partial charge in [0, 0.05) is 25.5 Å². The SMILES string of the molecule is Cn1c(C(O)(c2ccc3c(c2)c(-c2cccc([Si](C)(C)C)c2)cc(=O)n3C)C2CC=C(Cl)S2)cnc1S. The minimum atomic E-state index is -1.56. The molecule has 4 aromatic rings. The van der Waals surface area contributed by atoms with Gasteiger partial charge in [-0.3, -0.25) is 4.79 Å². The minimum Gasteiger partial charge on any atom is -0.378 e. The second kappa shape index (κ2) is 9.50. The molecule has 192 valence electrons. The Kier molecular flexibility index (Phi) is 6.77. The molecule has 1 aliphatic rings. The van der Waals surface area contributed by atoms with E-state index in [0.717, 1.165) is 27.6 Å². The summed E-state index contributed by atoms with van der Waals surface area (Å²) in [5, 5.41) is 15.0. The van der Waals surface area contributed by atoms with Crippen LogP contribution in [0.15, 0.2) is 75.1 Å². The lowest BCUT2D eigenvalue weighted by Gasteiger charge is -2.34. The highest BCUT2D eigenvalue weighted by molar-refractivity contribution is 8.05. The summed E-state index contributed by atoms with van der Waals surface area (Å²) in [5.41, 5.74) is 2.57. The topological polar surface area (TPSA) is 60.1 Å². The summed E-state index contributed by atoms with van der Waals surface area (Å²) in [7, 11) is 2.07. The summed E-state index contributed by atoms with van der Waals surface area (Å²) in [4.78, 5) is 17.3. The highest BCUT2D eigenvalue weighted by Gasteiger charge is 2.45. The quantitative estimate of drug-likeness (QED) is 0.244. The molecule has 0 spiro atoms. The summed E-state index contributed by atoms with van der Waals surface area (Å²) in [6.45, 7) is 6.94. The molecule has 1 N–H and O–H groups in total. The molecule has 0 bridgehead atoms. The molecule has 0 radical (unpaired) electrons. The molecule has 0 amide bonds. The van der Waals surface area contributed by atoms with Crippen molar-refractivity contribution in [3.63, 3.8) is 0 Å². The van der Waals surface area contributed by atoms with Gasteiger partial charge in [0.2, 0.25) is 0 Å². The van der Waals surface area contributed by atoms with Crippen molar-refractivity contribution in [2.24, 2.45) is 14.1 Å². The molecular formula is C28H30ClN3O2S2Si. The van der Waals surface area contributed by atoms with Crippen LogP contribution in [0, 0.1) is 0 Å². The minimum absolute atomic E-state index is 0.0717. The summed E-state index contributed by atoms with van der Waals surface area (Å²) in [5.74, 6) is 0. The summed E-state index contributed by atoms with van der Waals surface area (Å²) < 4.78 is 4.13. The maximum Gasteiger partial charge on any atom is 0.251 e. The molecule has 0 aliphatic carbocycles. The average molecular weight is 568 g/mol. The van der Waals surface area contributed by atoms with Crippen LogP contribution in [-0.4, -0.2) is 32.5 Å². The van der Waals surface area contributed by atoms with Crippen LogP contribution in [0.2, 0.25) is 19.6 Å². The van der Waals surface area contributed by atoms with Crippen LogP contribution in [-0.2, 0) is 19.7 Å². The fraction of sp³-hybridized carbons (Fsp3) is 0.286. The maximum absolute atomic E-state index is 13.0. The smallest absolute Gasteiger partial charge is 0.251 e. The van der Waals surface area contributed by atoms with E-state index in [1.54, 1.807) is 28.4 Å². The number of imidazole rings is 1.